The van der Waals surface area contributed by atoms with Crippen LogP contribution < -0.4 is 4.74 Å². The molecule has 0 aromatic heterocycles. The first-order chi connectivity index (χ1) is 5.15. The lowest BCUT2D eigenvalue weighted by atomic mass is 10.2. The average molecular weight is 280 g/mol. The summed E-state index contributed by atoms with van der Waals surface area (Å²) in [5, 5.41) is 0. The normalized spacial score (nSPS) is 9.82. The number of aryl methyl sites for hydroxylation is 1. The minimum absolute atomic E-state index is 0.918. The molecule has 0 aliphatic carbocycles. The zero-order valence-corrected chi connectivity index (χ0v) is 9.44. The first-order valence-corrected chi connectivity index (χ1v) is 4.71. The monoisotopic (exact) mass is 280 g/mol. The fourth-order valence-corrected chi connectivity index (χ4v) is 1.93. The van der Waals surface area contributed by atoms with Crippen molar-refractivity contribution in [2.45, 2.75) is 11.8 Å². The number of hydrogen-bond donors (Lipinski definition) is 1. The van der Waals surface area contributed by atoms with E-state index >= 15 is 0 Å². The van der Waals surface area contributed by atoms with Gasteiger partial charge >= 0.3 is 0 Å². The van der Waals surface area contributed by atoms with Gasteiger partial charge in [-0.15, -0.1) is 12.6 Å². The molecule has 1 nitrogen and oxygen atoms in total. The molecule has 1 rings (SSSR count). The van der Waals surface area contributed by atoms with Gasteiger partial charge in [-0.3, -0.25) is 0 Å². The largest absolute Gasteiger partial charge is 0.496 e. The molecule has 0 heterocycles. The fraction of sp³-hybridized carbons (Fsp3) is 0.250. The summed E-state index contributed by atoms with van der Waals surface area (Å²) in [6, 6.07) is 3.99. The summed E-state index contributed by atoms with van der Waals surface area (Å²) < 4.78 is 6.24. The van der Waals surface area contributed by atoms with Crippen molar-refractivity contribution in [1.29, 1.82) is 0 Å². The number of halogens is 1. The van der Waals surface area contributed by atoms with Gasteiger partial charge in [0.05, 0.1) is 10.7 Å². The quantitative estimate of drug-likeness (QED) is 0.614. The van der Waals surface area contributed by atoms with Crippen molar-refractivity contribution in [3.8, 4) is 5.75 Å². The molecule has 60 valence electrons. The Morgan fingerprint density at radius 3 is 2.64 bits per heavy atom. The van der Waals surface area contributed by atoms with E-state index in [0.717, 1.165) is 19.8 Å². The predicted molar refractivity (Wildman–Crippen MR) is 57.7 cm³/mol. The molecule has 0 saturated heterocycles. The smallest absolute Gasteiger partial charge is 0.132 e. The molecular weight excluding hydrogens is 271 g/mol. The van der Waals surface area contributed by atoms with Gasteiger partial charge in [0.1, 0.15) is 5.75 Å². The van der Waals surface area contributed by atoms with E-state index in [-0.39, 0.29) is 0 Å². The summed E-state index contributed by atoms with van der Waals surface area (Å²) >= 11 is 6.52. The van der Waals surface area contributed by atoms with E-state index in [1.807, 2.05) is 19.1 Å². The molecule has 0 spiro atoms. The topological polar surface area (TPSA) is 9.23 Å². The van der Waals surface area contributed by atoms with Gasteiger partial charge in [0, 0.05) is 4.90 Å². The lowest BCUT2D eigenvalue weighted by Crippen LogP contribution is -1.88. The van der Waals surface area contributed by atoms with Crippen molar-refractivity contribution in [3.63, 3.8) is 0 Å². The predicted octanol–water partition coefficient (Wildman–Crippen LogP) is 2.90. The Morgan fingerprint density at radius 2 is 2.09 bits per heavy atom. The number of thiol groups is 1. The van der Waals surface area contributed by atoms with Gasteiger partial charge in [0.15, 0.2) is 0 Å². The Kier molecular flexibility index (Phi) is 3.06. The van der Waals surface area contributed by atoms with Crippen molar-refractivity contribution >= 4 is 35.2 Å². The maximum atomic E-state index is 5.14. The molecule has 0 fully saturated rings. The van der Waals surface area contributed by atoms with Gasteiger partial charge < -0.3 is 4.74 Å². The van der Waals surface area contributed by atoms with Gasteiger partial charge in [-0.1, -0.05) is 0 Å². The van der Waals surface area contributed by atoms with Gasteiger partial charge in [0.2, 0.25) is 0 Å². The highest BCUT2D eigenvalue weighted by Crippen LogP contribution is 2.26. The highest BCUT2D eigenvalue weighted by molar-refractivity contribution is 14.1. The van der Waals surface area contributed by atoms with Gasteiger partial charge in [-0.2, -0.15) is 0 Å². The third kappa shape index (κ3) is 2.02. The second-order valence-electron chi connectivity index (χ2n) is 2.27. The molecular formula is C8H9IOS. The standard InChI is InChI=1S/C8H9IOS/c1-5-3-7(10-2)6(9)4-8(5)11/h3-4,11H,1-2H3. The van der Waals surface area contributed by atoms with Crippen LogP contribution in [0.15, 0.2) is 17.0 Å². The Balaban J connectivity index is 3.21. The second-order valence-corrected chi connectivity index (χ2v) is 3.92. The molecule has 0 atom stereocenters. The van der Waals surface area contributed by atoms with Crippen molar-refractivity contribution in [2.24, 2.45) is 0 Å². The Bertz CT molecular complexity index is 273. The van der Waals surface area contributed by atoms with E-state index in [2.05, 4.69) is 35.2 Å². The third-order valence-corrected chi connectivity index (χ3v) is 2.80. The van der Waals surface area contributed by atoms with Gasteiger partial charge in [-0.05, 0) is 47.2 Å². The van der Waals surface area contributed by atoms with Crippen LogP contribution in [0.5, 0.6) is 5.75 Å². The molecule has 0 amide bonds. The minimum atomic E-state index is 0.918. The first-order valence-electron chi connectivity index (χ1n) is 3.18. The Morgan fingerprint density at radius 1 is 1.45 bits per heavy atom. The number of benzene rings is 1. The fourth-order valence-electron chi connectivity index (χ4n) is 0.801. The second kappa shape index (κ2) is 3.67. The summed E-state index contributed by atoms with van der Waals surface area (Å²) in [5.74, 6) is 0.918. The minimum Gasteiger partial charge on any atom is -0.496 e. The first kappa shape index (κ1) is 9.19. The molecule has 0 aliphatic heterocycles. The Labute approximate surface area is 85.7 Å². The molecule has 0 unspecified atom stereocenters. The molecule has 0 aliphatic rings. The zero-order chi connectivity index (χ0) is 8.43. The van der Waals surface area contributed by atoms with E-state index in [1.54, 1.807) is 7.11 Å². The number of methoxy groups -OCH3 is 1. The third-order valence-electron chi connectivity index (χ3n) is 1.47. The van der Waals surface area contributed by atoms with Crippen molar-refractivity contribution in [3.05, 3.63) is 21.3 Å². The average Bonchev–Trinajstić information content (AvgIpc) is 1.97. The van der Waals surface area contributed by atoms with Crippen molar-refractivity contribution in [1.82, 2.24) is 0 Å². The maximum Gasteiger partial charge on any atom is 0.132 e. The molecule has 1 aromatic rings. The van der Waals surface area contributed by atoms with Gasteiger partial charge in [0.25, 0.3) is 0 Å². The van der Waals surface area contributed by atoms with E-state index in [9.17, 15) is 0 Å². The van der Waals surface area contributed by atoms with Crippen LogP contribution in [-0.2, 0) is 0 Å². The van der Waals surface area contributed by atoms with Crippen molar-refractivity contribution < 1.29 is 4.74 Å². The summed E-state index contributed by atoms with van der Waals surface area (Å²) in [7, 11) is 1.68. The molecule has 0 bridgehead atoms. The van der Waals surface area contributed by atoms with Crippen LogP contribution in [0.4, 0.5) is 0 Å². The molecule has 0 N–H and O–H groups in total. The van der Waals surface area contributed by atoms with Crippen LogP contribution in [0.25, 0.3) is 0 Å². The molecule has 0 saturated carbocycles. The maximum absolute atomic E-state index is 5.14. The van der Waals surface area contributed by atoms with E-state index in [4.69, 9.17) is 4.74 Å². The molecule has 3 heteroatoms. The summed E-state index contributed by atoms with van der Waals surface area (Å²) in [4.78, 5) is 1.01. The van der Waals surface area contributed by atoms with E-state index in [1.165, 1.54) is 0 Å². The summed E-state index contributed by atoms with van der Waals surface area (Å²) in [5.41, 5.74) is 1.14. The summed E-state index contributed by atoms with van der Waals surface area (Å²) in [6.45, 7) is 2.01. The van der Waals surface area contributed by atoms with E-state index < -0.39 is 0 Å². The molecule has 0 radical (unpaired) electrons. The van der Waals surface area contributed by atoms with Crippen LogP contribution in [0.1, 0.15) is 5.56 Å². The van der Waals surface area contributed by atoms with Crippen LogP contribution >= 0.6 is 35.2 Å². The van der Waals surface area contributed by atoms with Crippen LogP contribution in [0, 0.1) is 10.5 Å². The lowest BCUT2D eigenvalue weighted by Gasteiger charge is -2.05. The van der Waals surface area contributed by atoms with Crippen LogP contribution in [0.2, 0.25) is 0 Å². The van der Waals surface area contributed by atoms with E-state index in [0.29, 0.717) is 0 Å². The van der Waals surface area contributed by atoms with Crippen LogP contribution in [-0.4, -0.2) is 7.11 Å². The highest BCUT2D eigenvalue weighted by Gasteiger charge is 2.01. The summed E-state index contributed by atoms with van der Waals surface area (Å²) in [6.07, 6.45) is 0. The zero-order valence-electron chi connectivity index (χ0n) is 6.39. The van der Waals surface area contributed by atoms with Gasteiger partial charge in [-0.25, -0.2) is 0 Å². The highest BCUT2D eigenvalue weighted by atomic mass is 127. The molecule has 11 heavy (non-hydrogen) atoms. The number of rotatable bonds is 1. The Hall–Kier alpha value is 0.1000. The van der Waals surface area contributed by atoms with Crippen LogP contribution in [0.3, 0.4) is 0 Å². The molecule has 1 aromatic carbocycles. The van der Waals surface area contributed by atoms with Crippen molar-refractivity contribution in [2.75, 3.05) is 7.11 Å². The number of hydrogen-bond acceptors (Lipinski definition) is 2. The number of ether oxygens (including phenoxy) is 1. The lowest BCUT2D eigenvalue weighted by molar-refractivity contribution is 0.411. The SMILES string of the molecule is COc1cc(C)c(S)cc1I.